The highest BCUT2D eigenvalue weighted by molar-refractivity contribution is 7.82. The summed E-state index contributed by atoms with van der Waals surface area (Å²) in [6.07, 6.45) is -3.88. The van der Waals surface area contributed by atoms with Gasteiger partial charge in [0.1, 0.15) is 43.4 Å². The summed E-state index contributed by atoms with van der Waals surface area (Å²) in [4.78, 5) is 53.6. The molecule has 2 amide bonds. The predicted molar refractivity (Wildman–Crippen MR) is 297 cm³/mol. The molecule has 3 saturated heterocycles. The first-order valence-corrected chi connectivity index (χ1v) is 28.2. The number of methoxy groups -OCH3 is 2. The molecule has 1 unspecified atom stereocenters. The van der Waals surface area contributed by atoms with Crippen LogP contribution in [-0.4, -0.2) is 185 Å². The number of Topliss-reactive ketones (excluding diaryl/α,β-unsaturated/α-hetero) is 1. The van der Waals surface area contributed by atoms with E-state index in [1.165, 1.54) is 38.5 Å². The summed E-state index contributed by atoms with van der Waals surface area (Å²) in [5.74, 6) is -1.46. The lowest BCUT2D eigenvalue weighted by atomic mass is 9.99. The van der Waals surface area contributed by atoms with E-state index < -0.39 is 65.0 Å². The number of rotatable bonds is 27. The third-order valence-corrected chi connectivity index (χ3v) is 14.9. The van der Waals surface area contributed by atoms with Crippen LogP contribution < -0.4 is 32.1 Å². The van der Waals surface area contributed by atoms with Crippen LogP contribution in [0.4, 0.5) is 11.4 Å². The van der Waals surface area contributed by atoms with Crippen molar-refractivity contribution in [3.63, 3.8) is 0 Å². The highest BCUT2D eigenvalue weighted by atomic mass is 32.3. The number of carbonyl (C=O) groups excluding carboxylic acids is 3. The van der Waals surface area contributed by atoms with Gasteiger partial charge in [-0.25, -0.2) is 0 Å². The van der Waals surface area contributed by atoms with E-state index in [1.807, 2.05) is 6.92 Å². The van der Waals surface area contributed by atoms with Crippen molar-refractivity contribution in [2.45, 2.75) is 88.6 Å². The molecule has 4 aromatic rings. The minimum atomic E-state index is -5.23. The largest absolute Gasteiger partial charge is 0.501 e. The number of hydrogen-bond donors (Lipinski definition) is 4. The zero-order chi connectivity index (χ0) is 59.0. The lowest BCUT2D eigenvalue weighted by molar-refractivity contribution is -0.277. The molecule has 0 saturated carbocycles. The van der Waals surface area contributed by atoms with Crippen LogP contribution in [0, 0.1) is 0 Å². The summed E-state index contributed by atoms with van der Waals surface area (Å²) >= 11 is 0. The van der Waals surface area contributed by atoms with Crippen molar-refractivity contribution in [3.8, 4) is 40.2 Å². The van der Waals surface area contributed by atoms with E-state index in [9.17, 15) is 43.2 Å². The molecule has 0 bridgehead atoms. The number of benzene rings is 4. The lowest BCUT2D eigenvalue weighted by Crippen LogP contribution is -2.60. The summed E-state index contributed by atoms with van der Waals surface area (Å²) in [6.45, 7) is 11.7. The van der Waals surface area contributed by atoms with Gasteiger partial charge in [0.15, 0.2) is 40.3 Å². The average Bonchev–Trinajstić information content (AvgIpc) is 4.24. The van der Waals surface area contributed by atoms with Crippen molar-refractivity contribution >= 4 is 51.8 Å². The molecule has 4 N–H and O–H groups in total. The molecule has 444 valence electrons. The number of fused-ring (bicyclic) bond motifs is 4. The van der Waals surface area contributed by atoms with Gasteiger partial charge in [-0.3, -0.25) is 24.4 Å². The fourth-order valence-electron chi connectivity index (χ4n) is 9.92. The van der Waals surface area contributed by atoms with Gasteiger partial charge in [-0.1, -0.05) is 24.3 Å². The van der Waals surface area contributed by atoms with Gasteiger partial charge in [-0.2, -0.15) is 0 Å². The van der Waals surface area contributed by atoms with Crippen molar-refractivity contribution in [1.82, 2.24) is 9.80 Å². The highest BCUT2D eigenvalue weighted by Gasteiger charge is 2.45. The Labute approximate surface area is 479 Å². The van der Waals surface area contributed by atoms with Crippen molar-refractivity contribution in [1.29, 1.82) is 0 Å². The zero-order valence-corrected chi connectivity index (χ0v) is 46.8. The van der Waals surface area contributed by atoms with E-state index in [2.05, 4.69) is 23.1 Å². The van der Waals surface area contributed by atoms with Gasteiger partial charge in [0.25, 0.3) is 11.8 Å². The fraction of sp³-hybridized carbons (Fsp3) is 0.431. The number of aliphatic hydroxyl groups excluding tert-OH is 4. The van der Waals surface area contributed by atoms with E-state index in [1.54, 1.807) is 52.6 Å². The predicted octanol–water partition coefficient (Wildman–Crippen LogP) is 4.75. The van der Waals surface area contributed by atoms with Crippen molar-refractivity contribution in [2.24, 2.45) is 9.98 Å². The van der Waals surface area contributed by atoms with E-state index in [0.29, 0.717) is 86.0 Å². The molecule has 9 rings (SSSR count). The summed E-state index contributed by atoms with van der Waals surface area (Å²) in [5, 5.41) is 41.6. The Bertz CT molecular complexity index is 3130. The molecule has 24 nitrogen and oxygen atoms in total. The van der Waals surface area contributed by atoms with Gasteiger partial charge >= 0.3 is 10.4 Å². The molecule has 0 aromatic heterocycles. The first-order chi connectivity index (χ1) is 40.0. The quantitative estimate of drug-likeness (QED) is 0.0356. The molecule has 0 spiro atoms. The van der Waals surface area contributed by atoms with E-state index in [4.69, 9.17) is 51.0 Å². The van der Waals surface area contributed by atoms with Gasteiger partial charge < -0.3 is 81.2 Å². The Morgan fingerprint density at radius 2 is 1.23 bits per heavy atom. The van der Waals surface area contributed by atoms with Crippen LogP contribution >= 0.6 is 0 Å². The molecular weight excluding hydrogens is 1100 g/mol. The average molecular weight is 1170 g/mol. The van der Waals surface area contributed by atoms with Gasteiger partial charge in [0.2, 0.25) is 6.29 Å². The van der Waals surface area contributed by atoms with E-state index >= 15 is 0 Å². The second kappa shape index (κ2) is 26.8. The molecule has 5 aliphatic rings. The Morgan fingerprint density at radius 3 is 1.77 bits per heavy atom. The number of nitrogens with zero attached hydrogens (tertiary/aromatic N) is 4. The van der Waals surface area contributed by atoms with Crippen LogP contribution in [0.2, 0.25) is 0 Å². The van der Waals surface area contributed by atoms with Crippen LogP contribution in [0.3, 0.4) is 0 Å². The maximum atomic E-state index is 14.2. The molecule has 0 aliphatic carbocycles. The van der Waals surface area contributed by atoms with Gasteiger partial charge in [0, 0.05) is 62.8 Å². The Kier molecular flexibility index (Phi) is 19.5. The molecule has 83 heavy (non-hydrogen) atoms. The molecule has 7 atom stereocenters. The molecular formula is C58H66N4O20S. The number of ketones is 1. The minimum Gasteiger partial charge on any atom is -0.493 e. The van der Waals surface area contributed by atoms with Crippen LogP contribution in [-0.2, 0) is 42.6 Å². The Balaban J connectivity index is 0.989. The van der Waals surface area contributed by atoms with Crippen molar-refractivity contribution in [2.75, 3.05) is 73.6 Å². The van der Waals surface area contributed by atoms with Crippen LogP contribution in [0.1, 0.15) is 74.8 Å². The Morgan fingerprint density at radius 1 is 0.675 bits per heavy atom. The molecule has 0 radical (unpaired) electrons. The fourth-order valence-corrected chi connectivity index (χ4v) is 10.6. The first kappa shape index (κ1) is 60.1. The standard InChI is InChI=1S/C58H66N4O20S/c1-6-74-12-13-76-15-14-75-11-7-8-45(64)37-9-10-46(79-58-55(67)54(66)53(65)52(30-63)80-58)51(21-37)82-83(70,71)81-40-19-35(31-77-49-24-43-41(22-47(49)72-4)56(68)61-28-33(2)16-38(61)26-59-43)18-36(20-40)32-78-50-25-44-42(23-48(50)73-5)57(69)62-29-34(3)17-39(62)27-60-44/h9-10,18-27,38-39,52-55,58,63,65-67H,2-3,6-8,11-17,28-32H2,1,4-5H3/t38-,39-,52+,53-,54-,55+,58?/m0/s1. The van der Waals surface area contributed by atoms with Gasteiger partial charge in [0.05, 0.1) is 81.8 Å². The number of ether oxygens (including phenoxy) is 9. The van der Waals surface area contributed by atoms with Crippen molar-refractivity contribution in [3.05, 3.63) is 113 Å². The first-order valence-electron chi connectivity index (χ1n) is 26.8. The molecule has 5 aliphatic heterocycles. The minimum absolute atomic E-state index is 0.0155. The monoisotopic (exact) mass is 1170 g/mol. The van der Waals surface area contributed by atoms with E-state index in [-0.39, 0.29) is 97.5 Å². The molecule has 3 fully saturated rings. The lowest BCUT2D eigenvalue weighted by Gasteiger charge is -2.39. The number of hydrogen-bond acceptors (Lipinski definition) is 22. The maximum absolute atomic E-state index is 14.2. The summed E-state index contributed by atoms with van der Waals surface area (Å²) in [5.41, 5.74) is 3.73. The molecule has 5 heterocycles. The Hall–Kier alpha value is -7.46. The van der Waals surface area contributed by atoms with E-state index in [0.717, 1.165) is 17.2 Å². The second-order valence-corrected chi connectivity index (χ2v) is 21.2. The number of amides is 2. The SMILES string of the molecule is C=C1C[C@H]2C=Nc3cc(OCc4cc(COc5cc6c(cc5OC)C(=O)N5CC(=C)C[C@H]5C=N6)cc(OS(=O)(=O)Oc5cc(C(=O)CCCOCCOCCOCC)ccc5OC5O[C@H](CO)[C@H](O)[C@H](O)[C@H]5O)c4)c(OC)cc3C(=O)N2C1. The summed E-state index contributed by atoms with van der Waals surface area (Å²) in [7, 11) is -2.39. The maximum Gasteiger partial charge on any atom is 0.501 e. The molecule has 25 heteroatoms. The van der Waals surface area contributed by atoms with Crippen LogP contribution in [0.5, 0.6) is 40.2 Å². The smallest absolute Gasteiger partial charge is 0.493 e. The van der Waals surface area contributed by atoms with Crippen LogP contribution in [0.15, 0.2) is 95.0 Å². The van der Waals surface area contributed by atoms with Gasteiger partial charge in [-0.05, 0) is 85.8 Å². The second-order valence-electron chi connectivity index (χ2n) is 20.1. The summed E-state index contributed by atoms with van der Waals surface area (Å²) < 4.78 is 91.3. The summed E-state index contributed by atoms with van der Waals surface area (Å²) in [6, 6.07) is 13.6. The van der Waals surface area contributed by atoms with Crippen molar-refractivity contribution < 1.29 is 94.2 Å². The molecule has 4 aromatic carbocycles. The highest BCUT2D eigenvalue weighted by Crippen LogP contribution is 2.42. The number of aliphatic hydroxyl groups is 4. The normalized spacial score (nSPS) is 21.8. The van der Waals surface area contributed by atoms with Gasteiger partial charge in [-0.15, -0.1) is 8.42 Å². The zero-order valence-electron chi connectivity index (χ0n) is 46.0. The third kappa shape index (κ3) is 14.3. The third-order valence-electron chi connectivity index (χ3n) is 14.1. The number of carbonyl (C=O) groups is 3. The topological polar surface area (TPSA) is 299 Å². The number of aliphatic imine (C=N–C) groups is 2. The van der Waals surface area contributed by atoms with Crippen LogP contribution in [0.25, 0.3) is 0 Å².